The van der Waals surface area contributed by atoms with Crippen LogP contribution in [0.5, 0.6) is 0 Å². The first-order valence-electron chi connectivity index (χ1n) is 35.4. The third kappa shape index (κ3) is 12.0. The van der Waals surface area contributed by atoms with E-state index in [0.29, 0.717) is 0 Å². The van der Waals surface area contributed by atoms with Gasteiger partial charge in [0.1, 0.15) is 0 Å². The molecule has 6 aromatic heterocycles. The maximum Gasteiger partial charge on any atom is 0.0737 e. The number of nitrogens with one attached hydrogen (secondary N) is 4. The maximum absolute atomic E-state index is 5.88. The van der Waals surface area contributed by atoms with Crippen LogP contribution < -0.4 is 0 Å². The summed E-state index contributed by atoms with van der Waals surface area (Å²) in [4.78, 5) is 37.8. The van der Waals surface area contributed by atoms with E-state index in [4.69, 9.17) is 26.4 Å². The van der Waals surface area contributed by atoms with Crippen LogP contribution >= 0.6 is 0 Å². The smallest absolute Gasteiger partial charge is 0.0737 e. The number of rotatable bonds is 8. The van der Waals surface area contributed by atoms with E-state index in [1.165, 1.54) is 27.8 Å². The molecule has 16 bridgehead atoms. The highest BCUT2D eigenvalue weighted by atomic mass is 14.8. The molecule has 496 valence electrons. The van der Waals surface area contributed by atoms with Crippen LogP contribution in [-0.4, -0.2) is 39.9 Å². The van der Waals surface area contributed by atoms with Crippen molar-refractivity contribution in [2.24, 2.45) is 0 Å². The molecule has 0 spiro atoms. The fraction of sp³-hybridized carbons (Fsp3) is 0.0515. The van der Waals surface area contributed by atoms with Gasteiger partial charge in [0.15, 0.2) is 0 Å². The average molecular weight is 1350 g/mol. The van der Waals surface area contributed by atoms with Gasteiger partial charge in [-0.05, 0) is 213 Å². The molecule has 0 saturated carbocycles. The number of nitrogens with zero attached hydrogens (tertiary/aromatic N) is 4. The Kier molecular flexibility index (Phi) is 15.8. The highest BCUT2D eigenvalue weighted by Crippen LogP contribution is 2.42. The van der Waals surface area contributed by atoms with Crippen molar-refractivity contribution in [2.75, 3.05) is 0 Å². The third-order valence-corrected chi connectivity index (χ3v) is 20.2. The van der Waals surface area contributed by atoms with Gasteiger partial charge >= 0.3 is 0 Å². The van der Waals surface area contributed by atoms with Crippen LogP contribution in [0.25, 0.3) is 182 Å². The molecule has 14 aromatic rings. The van der Waals surface area contributed by atoms with Crippen molar-refractivity contribution in [1.82, 2.24) is 39.9 Å². The Balaban J connectivity index is 0.768. The standard InChI is InChI=1S/C97H68N8/c1-7-63-20-36-71(37-21-63)95-84-52-46-78(100-84)93(69-32-14-61(5)15-33-69)82-50-56-88(104-82)97(89-57-51-83(105-89)94(79-47-53-85(95)101-79)70-34-16-62(6)17-35-70)73-40-24-65(25-41-73)19-18-64-22-38-72(39-23-64)96-86-54-48-80(102-86)91(67-28-10-59(3)11-29-67)76-44-42-74(98-76)90(66-26-8-58(2)9-27-66)75-43-45-77(99-75)92(81-49-55-87(96)103-81)68-30-12-60(4)13-31-68/h1,8-17,20-57,98,100,103,105H,2-6H3. The number of terminal acetylenes is 1. The van der Waals surface area contributed by atoms with Crippen LogP contribution in [0.3, 0.4) is 0 Å². The predicted molar refractivity (Wildman–Crippen MR) is 439 cm³/mol. The lowest BCUT2D eigenvalue weighted by molar-refractivity contribution is 1.31. The second-order valence-electron chi connectivity index (χ2n) is 27.5. The van der Waals surface area contributed by atoms with Crippen LogP contribution in [0.2, 0.25) is 0 Å². The minimum Gasteiger partial charge on any atom is -0.354 e. The molecule has 105 heavy (non-hydrogen) atoms. The number of aryl methyl sites for hydroxylation is 5. The van der Waals surface area contributed by atoms with Gasteiger partial charge in [-0.25, -0.2) is 19.9 Å². The van der Waals surface area contributed by atoms with Crippen molar-refractivity contribution < 1.29 is 0 Å². The number of H-pyrrole nitrogens is 4. The summed E-state index contributed by atoms with van der Waals surface area (Å²) in [7, 11) is 0. The van der Waals surface area contributed by atoms with E-state index in [1.807, 2.05) is 12.1 Å². The topological polar surface area (TPSA) is 115 Å². The first kappa shape index (κ1) is 63.3. The normalized spacial score (nSPS) is 12.0. The Hall–Kier alpha value is -13.9. The summed E-state index contributed by atoms with van der Waals surface area (Å²) in [5, 5.41) is 0. The van der Waals surface area contributed by atoms with E-state index in [1.54, 1.807) is 0 Å². The van der Waals surface area contributed by atoms with Crippen LogP contribution in [0.1, 0.15) is 90.1 Å². The molecule has 4 aliphatic heterocycles. The van der Waals surface area contributed by atoms with Gasteiger partial charge in [-0.15, -0.1) is 6.42 Å². The fourth-order valence-electron chi connectivity index (χ4n) is 14.8. The zero-order valence-electron chi connectivity index (χ0n) is 58.6. The molecule has 4 N–H and O–H groups in total. The lowest BCUT2D eigenvalue weighted by Crippen LogP contribution is -1.90. The van der Waals surface area contributed by atoms with E-state index in [0.717, 1.165) is 195 Å². The van der Waals surface area contributed by atoms with Gasteiger partial charge in [-0.2, -0.15) is 0 Å². The zero-order chi connectivity index (χ0) is 70.8. The predicted octanol–water partition coefficient (Wildman–Crippen LogP) is 23.9. The molecule has 0 fully saturated rings. The van der Waals surface area contributed by atoms with Crippen LogP contribution in [0, 0.1) is 58.8 Å². The van der Waals surface area contributed by atoms with E-state index in [-0.39, 0.29) is 0 Å². The summed E-state index contributed by atoms with van der Waals surface area (Å²) in [6, 6.07) is 86.1. The van der Waals surface area contributed by atoms with Gasteiger partial charge in [0.2, 0.25) is 0 Å². The number of aromatic amines is 4. The lowest BCUT2D eigenvalue weighted by atomic mass is 10.0. The van der Waals surface area contributed by atoms with Crippen molar-refractivity contribution in [3.63, 3.8) is 0 Å². The minimum absolute atomic E-state index is 0.811. The molecule has 8 heteroatoms. The molecule has 8 aromatic carbocycles. The third-order valence-electron chi connectivity index (χ3n) is 20.2. The van der Waals surface area contributed by atoms with Crippen molar-refractivity contribution in [3.05, 3.63) is 333 Å². The Bertz CT molecular complexity index is 6390. The Labute approximate surface area is 609 Å². The Morgan fingerprint density at radius 1 is 0.200 bits per heavy atom. The molecule has 0 amide bonds. The molecular weight excluding hydrogens is 1280 g/mol. The van der Waals surface area contributed by atoms with Gasteiger partial charge in [0.25, 0.3) is 0 Å². The van der Waals surface area contributed by atoms with E-state index in [9.17, 15) is 0 Å². The number of hydrogen-bond acceptors (Lipinski definition) is 4. The highest BCUT2D eigenvalue weighted by Gasteiger charge is 2.23. The summed E-state index contributed by atoms with van der Waals surface area (Å²) >= 11 is 0. The SMILES string of the molecule is C#Cc1ccc(-c2c3nc(c(-c4ccc(C)cc4)c4ccc([nH]4)c(-c4ccc(C#Cc5ccc(-c6c7nc(c(-c8ccc(C)cc8)c8ccc([nH]8)c(-c8ccc(C)cc8)c8nc(c(-c9ccc(C)cc9)c9ccc6[nH]9)C=C8)C=C7)cc5)cc4)c4nc(c(-c5ccc(C)cc5)c5ccc2[nH]5)C=C4)C=C3)cc1. The van der Waals surface area contributed by atoms with Crippen molar-refractivity contribution >= 4 is 92.7 Å². The molecule has 0 atom stereocenters. The molecule has 0 aliphatic carbocycles. The maximum atomic E-state index is 5.88. The fourth-order valence-corrected chi connectivity index (χ4v) is 14.8. The molecule has 8 nitrogen and oxygen atoms in total. The second-order valence-corrected chi connectivity index (χ2v) is 27.5. The highest BCUT2D eigenvalue weighted by molar-refractivity contribution is 6.03. The average Bonchev–Trinajstić information content (AvgIpc) is 1.63. The second kappa shape index (κ2) is 26.2. The molecule has 0 saturated heterocycles. The first-order chi connectivity index (χ1) is 51.4. The van der Waals surface area contributed by atoms with Gasteiger partial charge in [0.05, 0.1) is 45.6 Å². The van der Waals surface area contributed by atoms with Crippen LogP contribution in [0.15, 0.2) is 243 Å². The zero-order valence-corrected chi connectivity index (χ0v) is 58.6. The largest absolute Gasteiger partial charge is 0.354 e. The first-order valence-corrected chi connectivity index (χ1v) is 35.4. The Morgan fingerprint density at radius 2 is 0.352 bits per heavy atom. The molecule has 10 heterocycles. The van der Waals surface area contributed by atoms with Crippen molar-refractivity contribution in [3.8, 4) is 113 Å². The van der Waals surface area contributed by atoms with Crippen LogP contribution in [0.4, 0.5) is 0 Å². The molecule has 18 rings (SSSR count). The summed E-state index contributed by atoms with van der Waals surface area (Å²) in [6.45, 7) is 10.6. The monoisotopic (exact) mass is 1340 g/mol. The van der Waals surface area contributed by atoms with Gasteiger partial charge in [-0.1, -0.05) is 203 Å². The van der Waals surface area contributed by atoms with Gasteiger partial charge < -0.3 is 19.9 Å². The minimum atomic E-state index is 0.811. The number of fused-ring (bicyclic) bond motifs is 16. The van der Waals surface area contributed by atoms with Gasteiger partial charge in [-0.3, -0.25) is 0 Å². The van der Waals surface area contributed by atoms with E-state index < -0.39 is 0 Å². The summed E-state index contributed by atoms with van der Waals surface area (Å²) in [5.74, 6) is 9.85. The number of aromatic nitrogens is 8. The van der Waals surface area contributed by atoms with Crippen molar-refractivity contribution in [2.45, 2.75) is 34.6 Å². The molecule has 4 aliphatic rings. The summed E-state index contributed by atoms with van der Waals surface area (Å²) in [6.07, 6.45) is 23.0. The van der Waals surface area contributed by atoms with Crippen molar-refractivity contribution in [1.29, 1.82) is 0 Å². The lowest BCUT2D eigenvalue weighted by Gasteiger charge is -2.08. The van der Waals surface area contributed by atoms with E-state index in [2.05, 4.69) is 351 Å². The Morgan fingerprint density at radius 3 is 0.514 bits per heavy atom. The summed E-state index contributed by atoms with van der Waals surface area (Å²) in [5.41, 5.74) is 38.8. The van der Waals surface area contributed by atoms with E-state index >= 15 is 0 Å². The molecule has 0 unspecified atom stereocenters. The number of benzene rings is 8. The summed E-state index contributed by atoms with van der Waals surface area (Å²) < 4.78 is 0. The van der Waals surface area contributed by atoms with Gasteiger partial charge in [0, 0.05) is 105 Å². The number of hydrogen-bond donors (Lipinski definition) is 4. The molecule has 0 radical (unpaired) electrons. The van der Waals surface area contributed by atoms with Crippen LogP contribution in [-0.2, 0) is 0 Å². The quantitative estimate of drug-likeness (QED) is 0.113. The molecular formula is C97H68N8.